The maximum atomic E-state index is 13.9. The molecule has 1 saturated heterocycles. The lowest BCUT2D eigenvalue weighted by Crippen LogP contribution is -2.18. The molecule has 0 aliphatic carbocycles. The first-order valence-electron chi connectivity index (χ1n) is 8.28. The molecule has 0 radical (unpaired) electrons. The van der Waals surface area contributed by atoms with Crippen LogP contribution in [0.15, 0.2) is 24.3 Å². The molecule has 7 heteroatoms. The zero-order chi connectivity index (χ0) is 17.8. The van der Waals surface area contributed by atoms with Crippen molar-refractivity contribution in [2.24, 2.45) is 7.05 Å². The van der Waals surface area contributed by atoms with Crippen LogP contribution in [0.1, 0.15) is 25.0 Å². The minimum atomic E-state index is -0.648. The van der Waals surface area contributed by atoms with Crippen LogP contribution < -0.4 is 0 Å². The zero-order valence-electron chi connectivity index (χ0n) is 14.0. The van der Waals surface area contributed by atoms with Crippen molar-refractivity contribution < 1.29 is 23.0 Å². The van der Waals surface area contributed by atoms with Crippen molar-refractivity contribution in [3.63, 3.8) is 0 Å². The van der Waals surface area contributed by atoms with Crippen molar-refractivity contribution in [1.29, 1.82) is 0 Å². The van der Waals surface area contributed by atoms with Gasteiger partial charge in [-0.05, 0) is 31.0 Å². The first kappa shape index (κ1) is 17.5. The fourth-order valence-electron chi connectivity index (χ4n) is 2.86. The Morgan fingerprint density at radius 2 is 2.24 bits per heavy atom. The predicted molar refractivity (Wildman–Crippen MR) is 86.8 cm³/mol. The number of aryl methyl sites for hydroxylation is 2. The molecule has 3 rings (SSSR count). The zero-order valence-corrected chi connectivity index (χ0v) is 14.0. The van der Waals surface area contributed by atoms with E-state index < -0.39 is 11.6 Å². The molecule has 2 heterocycles. The molecule has 1 atom stereocenters. The number of carbonyl (C=O) groups is 1. The van der Waals surface area contributed by atoms with E-state index in [1.165, 1.54) is 16.8 Å². The Morgan fingerprint density at radius 3 is 2.96 bits per heavy atom. The largest absolute Gasteiger partial charge is 0.463 e. The van der Waals surface area contributed by atoms with E-state index >= 15 is 0 Å². The normalized spacial score (nSPS) is 17.0. The fourth-order valence-corrected chi connectivity index (χ4v) is 2.86. The molecule has 1 aromatic heterocycles. The minimum Gasteiger partial charge on any atom is -0.463 e. The van der Waals surface area contributed by atoms with E-state index in [1.807, 2.05) is 0 Å². The van der Waals surface area contributed by atoms with Gasteiger partial charge in [0, 0.05) is 31.7 Å². The van der Waals surface area contributed by atoms with Gasteiger partial charge in [0.2, 0.25) is 0 Å². The summed E-state index contributed by atoms with van der Waals surface area (Å²) in [6, 6.07) is 5.11. The second-order valence-electron chi connectivity index (χ2n) is 6.09. The molecule has 1 aromatic carbocycles. The van der Waals surface area contributed by atoms with Gasteiger partial charge in [-0.1, -0.05) is 0 Å². The number of rotatable bonds is 6. The van der Waals surface area contributed by atoms with Gasteiger partial charge in [-0.25, -0.2) is 8.78 Å². The topological polar surface area (TPSA) is 53.4 Å². The molecule has 0 spiro atoms. The molecule has 0 amide bonds. The second-order valence-corrected chi connectivity index (χ2v) is 6.09. The van der Waals surface area contributed by atoms with Crippen molar-refractivity contribution in [3.05, 3.63) is 41.6 Å². The Labute approximate surface area is 144 Å². The molecule has 0 saturated carbocycles. The van der Waals surface area contributed by atoms with E-state index in [0.717, 1.165) is 25.5 Å². The molecule has 1 unspecified atom stereocenters. The quantitative estimate of drug-likeness (QED) is 0.752. The molecule has 1 aliphatic rings. The SMILES string of the molecule is Cn1nc(CCC(=O)OCC2CCCO2)cc1-c1ccc(F)cc1F. The Morgan fingerprint density at radius 1 is 1.40 bits per heavy atom. The standard InChI is InChI=1S/C18H20F2N2O3/c1-22-17(15-6-4-12(19)9-16(15)20)10-13(21-22)5-7-18(23)25-11-14-3-2-8-24-14/h4,6,9-10,14H,2-3,5,7-8,11H2,1H3. The highest BCUT2D eigenvalue weighted by Crippen LogP contribution is 2.24. The number of ether oxygens (including phenoxy) is 2. The third-order valence-corrected chi connectivity index (χ3v) is 4.18. The molecular formula is C18H20F2N2O3. The molecule has 5 nitrogen and oxygen atoms in total. The van der Waals surface area contributed by atoms with E-state index in [1.54, 1.807) is 13.1 Å². The van der Waals surface area contributed by atoms with Crippen LogP contribution in [0.3, 0.4) is 0 Å². The van der Waals surface area contributed by atoms with Gasteiger partial charge < -0.3 is 9.47 Å². The van der Waals surface area contributed by atoms with Crippen molar-refractivity contribution in [3.8, 4) is 11.3 Å². The number of hydrogen-bond donors (Lipinski definition) is 0. The summed E-state index contributed by atoms with van der Waals surface area (Å²) >= 11 is 0. The summed E-state index contributed by atoms with van der Waals surface area (Å²) in [5.74, 6) is -1.58. The summed E-state index contributed by atoms with van der Waals surface area (Å²) in [5, 5.41) is 4.28. The molecular weight excluding hydrogens is 330 g/mol. The van der Waals surface area contributed by atoms with Gasteiger partial charge in [0.25, 0.3) is 0 Å². The summed E-state index contributed by atoms with van der Waals surface area (Å²) in [7, 11) is 1.68. The number of hydrogen-bond acceptors (Lipinski definition) is 4. The maximum absolute atomic E-state index is 13.9. The summed E-state index contributed by atoms with van der Waals surface area (Å²) in [6.07, 6.45) is 2.50. The van der Waals surface area contributed by atoms with Gasteiger partial charge in [0.1, 0.15) is 18.2 Å². The lowest BCUT2D eigenvalue weighted by atomic mass is 10.1. The monoisotopic (exact) mass is 350 g/mol. The number of carbonyl (C=O) groups excluding carboxylic acids is 1. The summed E-state index contributed by atoms with van der Waals surface area (Å²) in [5.41, 5.74) is 1.44. The first-order chi connectivity index (χ1) is 12.0. The third kappa shape index (κ3) is 4.42. The van der Waals surface area contributed by atoms with Crippen LogP contribution in [0.25, 0.3) is 11.3 Å². The van der Waals surface area contributed by atoms with Crippen molar-refractivity contribution in [2.75, 3.05) is 13.2 Å². The predicted octanol–water partition coefficient (Wildman–Crippen LogP) is 3.02. The lowest BCUT2D eigenvalue weighted by Gasteiger charge is -2.09. The highest BCUT2D eigenvalue weighted by Gasteiger charge is 2.18. The van der Waals surface area contributed by atoms with Crippen LogP contribution in [-0.4, -0.2) is 35.1 Å². The minimum absolute atomic E-state index is 0.00635. The van der Waals surface area contributed by atoms with Crippen molar-refractivity contribution >= 4 is 5.97 Å². The fraction of sp³-hybridized carbons (Fsp3) is 0.444. The van der Waals surface area contributed by atoms with Gasteiger partial charge >= 0.3 is 5.97 Å². The van der Waals surface area contributed by atoms with E-state index in [0.29, 0.717) is 17.8 Å². The Hall–Kier alpha value is -2.28. The average Bonchev–Trinajstić information content (AvgIpc) is 3.21. The lowest BCUT2D eigenvalue weighted by molar-refractivity contribution is -0.146. The van der Waals surface area contributed by atoms with Gasteiger partial charge in [-0.15, -0.1) is 0 Å². The number of nitrogens with zero attached hydrogens (tertiary/aromatic N) is 2. The Balaban J connectivity index is 1.57. The van der Waals surface area contributed by atoms with Crippen LogP contribution in [0.5, 0.6) is 0 Å². The summed E-state index contributed by atoms with van der Waals surface area (Å²) in [4.78, 5) is 11.8. The van der Waals surface area contributed by atoms with Crippen LogP contribution in [0, 0.1) is 11.6 Å². The van der Waals surface area contributed by atoms with E-state index in [-0.39, 0.29) is 30.7 Å². The summed E-state index contributed by atoms with van der Waals surface area (Å²) in [6.45, 7) is 1.01. The van der Waals surface area contributed by atoms with E-state index in [4.69, 9.17) is 9.47 Å². The molecule has 25 heavy (non-hydrogen) atoms. The highest BCUT2D eigenvalue weighted by atomic mass is 19.1. The molecule has 1 fully saturated rings. The van der Waals surface area contributed by atoms with E-state index in [2.05, 4.69) is 5.10 Å². The van der Waals surface area contributed by atoms with Crippen LogP contribution in [0.4, 0.5) is 8.78 Å². The van der Waals surface area contributed by atoms with Crippen molar-refractivity contribution in [1.82, 2.24) is 9.78 Å². The van der Waals surface area contributed by atoms with Crippen molar-refractivity contribution in [2.45, 2.75) is 31.8 Å². The molecule has 0 bridgehead atoms. The highest BCUT2D eigenvalue weighted by molar-refractivity contribution is 5.69. The molecule has 2 aromatic rings. The number of aromatic nitrogens is 2. The third-order valence-electron chi connectivity index (χ3n) is 4.18. The van der Waals surface area contributed by atoms with Gasteiger partial charge in [-0.3, -0.25) is 9.48 Å². The Kier molecular flexibility index (Phi) is 5.43. The van der Waals surface area contributed by atoms with E-state index in [9.17, 15) is 13.6 Å². The van der Waals surface area contributed by atoms with Gasteiger partial charge in [0.05, 0.1) is 23.9 Å². The molecule has 0 N–H and O–H groups in total. The first-order valence-corrected chi connectivity index (χ1v) is 8.28. The molecule has 134 valence electrons. The smallest absolute Gasteiger partial charge is 0.306 e. The number of benzene rings is 1. The maximum Gasteiger partial charge on any atom is 0.306 e. The van der Waals surface area contributed by atoms with Crippen LogP contribution in [-0.2, 0) is 27.7 Å². The Bertz CT molecular complexity index is 755. The average molecular weight is 350 g/mol. The number of esters is 1. The second kappa shape index (κ2) is 7.74. The molecule has 1 aliphatic heterocycles. The van der Waals surface area contributed by atoms with Crippen LogP contribution >= 0.6 is 0 Å². The van der Waals surface area contributed by atoms with Gasteiger partial charge in [0.15, 0.2) is 0 Å². The van der Waals surface area contributed by atoms with Crippen LogP contribution in [0.2, 0.25) is 0 Å². The van der Waals surface area contributed by atoms with Gasteiger partial charge in [-0.2, -0.15) is 5.10 Å². The summed E-state index contributed by atoms with van der Waals surface area (Å²) < 4.78 is 39.1. The number of halogens is 2.